The summed E-state index contributed by atoms with van der Waals surface area (Å²) in [5.41, 5.74) is 2.85. The molecule has 1 aromatic rings. The molecule has 0 bridgehead atoms. The molecule has 0 aromatic heterocycles. The van der Waals surface area contributed by atoms with Crippen molar-refractivity contribution in [3.8, 4) is 0 Å². The molecule has 3 fully saturated rings. The average Bonchev–Trinajstić information content (AvgIpc) is 2.91. The fourth-order valence-corrected chi connectivity index (χ4v) is 6.05. The zero-order chi connectivity index (χ0) is 25.0. The molecule has 0 unspecified atom stereocenters. The van der Waals surface area contributed by atoms with Crippen LogP contribution in [-0.2, 0) is 18.9 Å². The molecule has 3 aliphatic carbocycles. The number of rotatable bonds is 13. The van der Waals surface area contributed by atoms with Gasteiger partial charge in [-0.2, -0.15) is 0 Å². The van der Waals surface area contributed by atoms with Gasteiger partial charge in [-0.1, -0.05) is 35.7 Å². The molecule has 0 N–H and O–H groups in total. The number of hydrogen-bond donors (Lipinski definition) is 0. The normalized spacial score (nSPS) is 27.9. The predicted octanol–water partition coefficient (Wildman–Crippen LogP) is 7.53. The predicted molar refractivity (Wildman–Crippen MR) is 146 cm³/mol. The Labute approximate surface area is 220 Å². The van der Waals surface area contributed by atoms with Gasteiger partial charge >= 0.3 is 0 Å². The van der Waals surface area contributed by atoms with E-state index in [0.717, 1.165) is 90.6 Å². The van der Waals surface area contributed by atoms with Crippen LogP contribution in [0, 0.1) is 19.8 Å². The van der Waals surface area contributed by atoms with Crippen molar-refractivity contribution >= 4 is 0 Å². The minimum atomic E-state index is 0.402. The first-order valence-corrected chi connectivity index (χ1v) is 14.9. The van der Waals surface area contributed by atoms with E-state index in [-0.39, 0.29) is 0 Å². The molecule has 36 heavy (non-hydrogen) atoms. The van der Waals surface area contributed by atoms with E-state index in [0.29, 0.717) is 30.3 Å². The van der Waals surface area contributed by atoms with Gasteiger partial charge in [-0.25, -0.2) is 0 Å². The van der Waals surface area contributed by atoms with E-state index in [1.165, 1.54) is 42.7 Å². The van der Waals surface area contributed by atoms with Gasteiger partial charge in [0.1, 0.15) is 0 Å². The quantitative estimate of drug-likeness (QED) is 0.208. The largest absolute Gasteiger partial charge is 0.378 e. The molecule has 0 radical (unpaired) electrons. The van der Waals surface area contributed by atoms with Crippen molar-refractivity contribution in [3.63, 3.8) is 0 Å². The summed E-state index contributed by atoms with van der Waals surface area (Å²) >= 11 is 0. The van der Waals surface area contributed by atoms with Gasteiger partial charge in [-0.15, -0.1) is 6.92 Å². The van der Waals surface area contributed by atoms with Crippen molar-refractivity contribution in [3.05, 3.63) is 48.2 Å². The molecule has 0 amide bonds. The van der Waals surface area contributed by atoms with E-state index in [4.69, 9.17) is 18.9 Å². The van der Waals surface area contributed by atoms with E-state index >= 15 is 0 Å². The molecule has 4 heteroatoms. The standard InChI is InChI=1S/C32H50O4/c1-25-5-9-27(10-6-25)28-11-15-30(16-12-28)34-22-4-24-36-32-19-17-31(18-20-32)35-23-3-21-33-29-13-7-26(2)8-14-29/h5-6,9-10,28-32H,2-4,7-8,11-24H2,1H3. The molecule has 0 aliphatic heterocycles. The van der Waals surface area contributed by atoms with Gasteiger partial charge in [0.2, 0.25) is 0 Å². The van der Waals surface area contributed by atoms with Crippen LogP contribution in [0.2, 0.25) is 0 Å². The first kappa shape index (κ1) is 28.0. The van der Waals surface area contributed by atoms with Gasteiger partial charge in [-0.05, 0) is 82.6 Å². The van der Waals surface area contributed by atoms with E-state index in [9.17, 15) is 0 Å². The van der Waals surface area contributed by atoms with Crippen molar-refractivity contribution in [2.24, 2.45) is 0 Å². The molecule has 0 spiro atoms. The van der Waals surface area contributed by atoms with Crippen molar-refractivity contribution < 1.29 is 18.9 Å². The molecule has 3 saturated carbocycles. The summed E-state index contributed by atoms with van der Waals surface area (Å²) in [6.07, 6.45) is 17.6. The zero-order valence-corrected chi connectivity index (χ0v) is 22.8. The van der Waals surface area contributed by atoms with Crippen molar-refractivity contribution in [1.29, 1.82) is 0 Å². The van der Waals surface area contributed by atoms with E-state index < -0.39 is 0 Å². The average molecular weight is 499 g/mol. The highest BCUT2D eigenvalue weighted by Gasteiger charge is 2.24. The van der Waals surface area contributed by atoms with Crippen LogP contribution in [-0.4, -0.2) is 50.8 Å². The van der Waals surface area contributed by atoms with Gasteiger partial charge in [0.15, 0.2) is 0 Å². The minimum absolute atomic E-state index is 0.402. The molecular formula is C32H50O4. The molecule has 0 heterocycles. The lowest BCUT2D eigenvalue weighted by molar-refractivity contribution is -0.0465. The van der Waals surface area contributed by atoms with E-state index in [1.54, 1.807) is 0 Å². The lowest BCUT2D eigenvalue weighted by Crippen LogP contribution is -2.28. The van der Waals surface area contributed by atoms with Crippen LogP contribution in [0.1, 0.15) is 107 Å². The summed E-state index contributed by atoms with van der Waals surface area (Å²) < 4.78 is 24.5. The topological polar surface area (TPSA) is 36.9 Å². The Morgan fingerprint density at radius 2 is 1.00 bits per heavy atom. The maximum absolute atomic E-state index is 6.19. The first-order valence-electron chi connectivity index (χ1n) is 14.9. The Balaban J connectivity index is 0.950. The maximum Gasteiger partial charge on any atom is 0.0654 e. The summed E-state index contributed by atoms with van der Waals surface area (Å²) in [4.78, 5) is 0. The van der Waals surface area contributed by atoms with Gasteiger partial charge in [0, 0.05) is 39.3 Å². The fourth-order valence-electron chi connectivity index (χ4n) is 6.05. The third-order valence-corrected chi connectivity index (χ3v) is 8.48. The Morgan fingerprint density at radius 1 is 0.611 bits per heavy atom. The number of aryl methyl sites for hydroxylation is 1. The first-order chi connectivity index (χ1) is 17.7. The van der Waals surface area contributed by atoms with Gasteiger partial charge in [0.25, 0.3) is 0 Å². The Kier molecular flexibility index (Phi) is 11.9. The van der Waals surface area contributed by atoms with Crippen molar-refractivity contribution in [2.45, 2.75) is 127 Å². The van der Waals surface area contributed by atoms with Crippen LogP contribution in [0.4, 0.5) is 0 Å². The van der Waals surface area contributed by atoms with Crippen LogP contribution in [0.5, 0.6) is 0 Å². The highest BCUT2D eigenvalue weighted by molar-refractivity contribution is 5.24. The molecule has 1 aromatic carbocycles. The zero-order valence-electron chi connectivity index (χ0n) is 22.8. The van der Waals surface area contributed by atoms with Crippen molar-refractivity contribution in [1.82, 2.24) is 0 Å². The molecule has 4 rings (SSSR count). The summed E-state index contributed by atoms with van der Waals surface area (Å²) in [6.45, 7) is 9.53. The number of ether oxygens (including phenoxy) is 4. The maximum atomic E-state index is 6.19. The third-order valence-electron chi connectivity index (χ3n) is 8.48. The molecule has 0 saturated heterocycles. The fraction of sp³-hybridized carbons (Fsp3) is 0.750. The molecular weight excluding hydrogens is 448 g/mol. The highest BCUT2D eigenvalue weighted by Crippen LogP contribution is 2.34. The lowest BCUT2D eigenvalue weighted by Gasteiger charge is -2.30. The van der Waals surface area contributed by atoms with E-state index in [1.807, 2.05) is 0 Å². The number of benzene rings is 1. The monoisotopic (exact) mass is 498 g/mol. The third kappa shape index (κ3) is 9.67. The Morgan fingerprint density at radius 3 is 1.44 bits per heavy atom. The SMILES string of the molecule is [CH2-][C+]1CCC(OCCCOC2CCC(OCCCOC3CCC(c4ccc(C)cc4)CC3)CC2)CC1. The smallest absolute Gasteiger partial charge is 0.0654 e. The van der Waals surface area contributed by atoms with Crippen LogP contribution >= 0.6 is 0 Å². The van der Waals surface area contributed by atoms with Crippen LogP contribution < -0.4 is 0 Å². The van der Waals surface area contributed by atoms with Crippen LogP contribution in [0.3, 0.4) is 0 Å². The van der Waals surface area contributed by atoms with Crippen LogP contribution in [0.15, 0.2) is 24.3 Å². The molecule has 202 valence electrons. The van der Waals surface area contributed by atoms with Crippen LogP contribution in [0.25, 0.3) is 0 Å². The number of hydrogen-bond acceptors (Lipinski definition) is 4. The van der Waals surface area contributed by atoms with Crippen molar-refractivity contribution in [2.75, 3.05) is 26.4 Å². The molecule has 3 aliphatic rings. The van der Waals surface area contributed by atoms with Gasteiger partial charge in [-0.3, -0.25) is 0 Å². The second-order valence-electron chi connectivity index (χ2n) is 11.4. The summed E-state index contributed by atoms with van der Waals surface area (Å²) in [5, 5.41) is 0. The minimum Gasteiger partial charge on any atom is -0.378 e. The Bertz CT molecular complexity index is 695. The molecule has 0 atom stereocenters. The molecule has 4 nitrogen and oxygen atoms in total. The summed E-state index contributed by atoms with van der Waals surface area (Å²) in [7, 11) is 0. The lowest BCUT2D eigenvalue weighted by atomic mass is 9.82. The second-order valence-corrected chi connectivity index (χ2v) is 11.4. The summed E-state index contributed by atoms with van der Waals surface area (Å²) in [6, 6.07) is 9.10. The Hall–Kier alpha value is -1.07. The van der Waals surface area contributed by atoms with Gasteiger partial charge < -0.3 is 18.9 Å². The van der Waals surface area contributed by atoms with E-state index in [2.05, 4.69) is 38.1 Å². The van der Waals surface area contributed by atoms with Gasteiger partial charge in [0.05, 0.1) is 37.3 Å². The second kappa shape index (κ2) is 15.4. The summed E-state index contributed by atoms with van der Waals surface area (Å²) in [5.74, 6) is 2.10. The highest BCUT2D eigenvalue weighted by atomic mass is 16.5.